The van der Waals surface area contributed by atoms with Crippen molar-refractivity contribution in [1.29, 1.82) is 0 Å². The molecule has 4 N–H and O–H groups in total. The highest BCUT2D eigenvalue weighted by molar-refractivity contribution is 5.77. The number of rotatable bonds is 7. The van der Waals surface area contributed by atoms with Crippen LogP contribution in [0.15, 0.2) is 18.5 Å². The predicted octanol–water partition coefficient (Wildman–Crippen LogP) is -0.406. The number of esters is 1. The Balaban J connectivity index is 1.21. The number of nitrogen functional groups attached to an aromatic ring is 1. The van der Waals surface area contributed by atoms with E-state index < -0.39 is 53.8 Å². The maximum Gasteiger partial charge on any atom is 0.509 e. The number of aliphatic hydroxyl groups excluding tert-OH is 1. The largest absolute Gasteiger partial charge is 0.509 e. The van der Waals surface area contributed by atoms with Gasteiger partial charge in [0, 0.05) is 12.8 Å². The SMILES string of the molecule is C[C@@H](OC(=O)OC1[C@H]2O[C@@](C)(c3ccc4c(N)ncnn34)[C@H](O)[C@@]12O)[C@@H](C(=O)OC1CCOCC1)N(C)C. The molecule has 2 aromatic heterocycles. The smallest absolute Gasteiger partial charge is 0.461 e. The summed E-state index contributed by atoms with van der Waals surface area (Å²) in [5.41, 5.74) is 3.63. The van der Waals surface area contributed by atoms with Crippen molar-refractivity contribution in [2.45, 2.75) is 74.5 Å². The maximum atomic E-state index is 12.8. The first kappa shape index (κ1) is 26.6. The normalized spacial score (nSPS) is 32.6. The topological polar surface area (TPSA) is 180 Å². The molecule has 4 heterocycles. The van der Waals surface area contributed by atoms with Crippen molar-refractivity contribution < 1.29 is 43.5 Å². The summed E-state index contributed by atoms with van der Waals surface area (Å²) in [6.45, 7) is 4.19. The van der Waals surface area contributed by atoms with Crippen LogP contribution in [0.1, 0.15) is 32.4 Å². The van der Waals surface area contributed by atoms with Crippen LogP contribution in [-0.4, -0.2) is 111 Å². The molecule has 2 saturated heterocycles. The van der Waals surface area contributed by atoms with E-state index in [4.69, 9.17) is 29.4 Å². The number of carbonyl (C=O) groups is 2. The van der Waals surface area contributed by atoms with Gasteiger partial charge in [-0.15, -0.1) is 0 Å². The quantitative estimate of drug-likeness (QED) is 0.390. The first-order chi connectivity index (χ1) is 18.0. The fourth-order valence-corrected chi connectivity index (χ4v) is 5.45. The van der Waals surface area contributed by atoms with Crippen LogP contribution in [-0.2, 0) is 34.1 Å². The Labute approximate surface area is 218 Å². The van der Waals surface area contributed by atoms with Gasteiger partial charge < -0.3 is 39.6 Å². The third-order valence-corrected chi connectivity index (χ3v) is 7.60. The summed E-state index contributed by atoms with van der Waals surface area (Å²) in [4.78, 5) is 31.0. The molecule has 0 radical (unpaired) electrons. The standard InChI is InChI=1S/C24H33N5O9/c1-12(16(28(3)4)20(30)36-13-7-9-34-10-8-13)35-22(32)37-17-18-24(17,33)21(31)23(2,38-18)15-6-5-14-19(25)26-11-27-29(14)15/h5-6,11-13,16-18,21,31,33H,7-10H2,1-4H3,(H2,25,26,27)/t12-,16+,17?,18-,21+,23+,24-/m1/s1. The summed E-state index contributed by atoms with van der Waals surface area (Å²) >= 11 is 0. The zero-order chi connectivity index (χ0) is 27.4. The second kappa shape index (κ2) is 9.61. The molecule has 7 atom stereocenters. The zero-order valence-corrected chi connectivity index (χ0v) is 21.6. The van der Waals surface area contributed by atoms with E-state index in [0.29, 0.717) is 37.3 Å². The number of hydrogen-bond acceptors (Lipinski definition) is 13. The molecule has 0 bridgehead atoms. The van der Waals surface area contributed by atoms with Crippen molar-refractivity contribution in [2.24, 2.45) is 0 Å². The van der Waals surface area contributed by atoms with Crippen LogP contribution in [0.5, 0.6) is 0 Å². The number of nitrogens with zero attached hydrogens (tertiary/aromatic N) is 4. The summed E-state index contributed by atoms with van der Waals surface area (Å²) in [6.07, 6.45) is -3.44. The first-order valence-corrected chi connectivity index (χ1v) is 12.5. The number of carbonyl (C=O) groups excluding carboxylic acids is 2. The molecule has 5 rings (SSSR count). The van der Waals surface area contributed by atoms with Gasteiger partial charge in [-0.05, 0) is 40.1 Å². The first-order valence-electron chi connectivity index (χ1n) is 12.5. The van der Waals surface area contributed by atoms with Gasteiger partial charge in [0.2, 0.25) is 0 Å². The van der Waals surface area contributed by atoms with Crippen molar-refractivity contribution in [3.05, 3.63) is 24.2 Å². The van der Waals surface area contributed by atoms with Crippen LogP contribution in [0.3, 0.4) is 0 Å². The minimum atomic E-state index is -1.86. The fourth-order valence-electron chi connectivity index (χ4n) is 5.45. The summed E-state index contributed by atoms with van der Waals surface area (Å²) < 4.78 is 29.0. The number of anilines is 1. The maximum absolute atomic E-state index is 12.8. The Kier molecular flexibility index (Phi) is 6.72. The lowest BCUT2D eigenvalue weighted by Crippen LogP contribution is -2.49. The number of hydrogen-bond donors (Lipinski definition) is 3. The van der Waals surface area contributed by atoms with E-state index >= 15 is 0 Å². The zero-order valence-electron chi connectivity index (χ0n) is 21.6. The third kappa shape index (κ3) is 4.25. The van der Waals surface area contributed by atoms with Crippen molar-refractivity contribution in [1.82, 2.24) is 19.5 Å². The Hall–Kier alpha value is -3.04. The predicted molar refractivity (Wildman–Crippen MR) is 129 cm³/mol. The van der Waals surface area contributed by atoms with Gasteiger partial charge in [0.1, 0.15) is 47.9 Å². The number of ether oxygens (including phenoxy) is 5. The van der Waals surface area contributed by atoms with Crippen molar-refractivity contribution >= 4 is 23.5 Å². The molecular formula is C24H33N5O9. The molecule has 1 aliphatic carbocycles. The van der Waals surface area contributed by atoms with E-state index in [1.165, 1.54) is 10.8 Å². The van der Waals surface area contributed by atoms with E-state index in [0.717, 1.165) is 0 Å². The molecule has 1 unspecified atom stereocenters. The van der Waals surface area contributed by atoms with Crippen LogP contribution in [0, 0.1) is 0 Å². The minimum absolute atomic E-state index is 0.247. The van der Waals surface area contributed by atoms with Gasteiger partial charge >= 0.3 is 12.1 Å². The summed E-state index contributed by atoms with van der Waals surface area (Å²) in [5, 5.41) is 26.4. The molecule has 3 aliphatic rings. The molecule has 208 valence electrons. The van der Waals surface area contributed by atoms with E-state index in [2.05, 4.69) is 10.1 Å². The average molecular weight is 536 g/mol. The average Bonchev–Trinajstić information content (AvgIpc) is 3.14. The van der Waals surface area contributed by atoms with E-state index in [1.807, 2.05) is 0 Å². The molecule has 3 fully saturated rings. The Bertz CT molecular complexity index is 1220. The Morgan fingerprint density at radius 1 is 1.26 bits per heavy atom. The molecule has 1 saturated carbocycles. The van der Waals surface area contributed by atoms with Gasteiger partial charge in [-0.25, -0.2) is 14.3 Å². The highest BCUT2D eigenvalue weighted by atomic mass is 16.8. The molecule has 0 amide bonds. The fraction of sp³-hybridized carbons (Fsp3) is 0.667. The third-order valence-electron chi connectivity index (χ3n) is 7.60. The number of likely N-dealkylation sites (N-methyl/N-ethyl adjacent to an activating group) is 1. The number of aromatic nitrogens is 3. The Morgan fingerprint density at radius 3 is 2.61 bits per heavy atom. The summed E-state index contributed by atoms with van der Waals surface area (Å²) in [7, 11) is 3.34. The molecule has 0 spiro atoms. The van der Waals surface area contributed by atoms with Gasteiger partial charge in [0.05, 0.1) is 18.9 Å². The molecule has 2 aliphatic heterocycles. The lowest BCUT2D eigenvalue weighted by Gasteiger charge is -2.32. The minimum Gasteiger partial charge on any atom is -0.461 e. The molecule has 2 aromatic rings. The highest BCUT2D eigenvalue weighted by Gasteiger charge is 2.82. The molecule has 38 heavy (non-hydrogen) atoms. The van der Waals surface area contributed by atoms with E-state index in [1.54, 1.807) is 45.0 Å². The second-order valence-electron chi connectivity index (χ2n) is 10.4. The van der Waals surface area contributed by atoms with Gasteiger partial charge in [0.25, 0.3) is 0 Å². The van der Waals surface area contributed by atoms with E-state index in [9.17, 15) is 19.8 Å². The second-order valence-corrected chi connectivity index (χ2v) is 10.4. The van der Waals surface area contributed by atoms with Crippen LogP contribution in [0.2, 0.25) is 0 Å². The van der Waals surface area contributed by atoms with Gasteiger partial charge in [-0.1, -0.05) is 0 Å². The lowest BCUT2D eigenvalue weighted by atomic mass is 9.91. The number of aliphatic hydroxyl groups is 2. The van der Waals surface area contributed by atoms with E-state index in [-0.39, 0.29) is 11.9 Å². The van der Waals surface area contributed by atoms with Crippen molar-refractivity contribution in [3.63, 3.8) is 0 Å². The molecule has 0 aromatic carbocycles. The van der Waals surface area contributed by atoms with Crippen molar-refractivity contribution in [3.8, 4) is 0 Å². The molecule has 14 nitrogen and oxygen atoms in total. The lowest BCUT2D eigenvalue weighted by molar-refractivity contribution is -0.163. The number of fused-ring (bicyclic) bond motifs is 2. The molecular weight excluding hydrogens is 502 g/mol. The summed E-state index contributed by atoms with van der Waals surface area (Å²) in [6, 6.07) is 2.47. The van der Waals surface area contributed by atoms with Gasteiger partial charge in [-0.2, -0.15) is 5.10 Å². The molecule has 14 heteroatoms. The number of nitrogens with two attached hydrogens (primary N) is 1. The van der Waals surface area contributed by atoms with Crippen LogP contribution >= 0.6 is 0 Å². The Morgan fingerprint density at radius 2 is 1.97 bits per heavy atom. The monoisotopic (exact) mass is 535 g/mol. The van der Waals surface area contributed by atoms with Crippen LogP contribution in [0.25, 0.3) is 5.52 Å². The van der Waals surface area contributed by atoms with Gasteiger partial charge in [0.15, 0.2) is 17.5 Å². The highest BCUT2D eigenvalue weighted by Crippen LogP contribution is 2.59. The van der Waals surface area contributed by atoms with Crippen LogP contribution < -0.4 is 5.73 Å². The van der Waals surface area contributed by atoms with Crippen molar-refractivity contribution in [2.75, 3.05) is 33.0 Å². The summed E-state index contributed by atoms with van der Waals surface area (Å²) in [5.74, 6) is -0.278. The van der Waals surface area contributed by atoms with Crippen LogP contribution in [0.4, 0.5) is 10.6 Å². The van der Waals surface area contributed by atoms with Gasteiger partial charge in [-0.3, -0.25) is 9.69 Å².